The third kappa shape index (κ3) is 3.71. The van der Waals surface area contributed by atoms with Crippen molar-refractivity contribution in [2.75, 3.05) is 39.0 Å². The Morgan fingerprint density at radius 1 is 1.30 bits per heavy atom. The zero-order chi connectivity index (χ0) is 14.6. The molecule has 0 radical (unpaired) electrons. The van der Waals surface area contributed by atoms with E-state index in [0.717, 1.165) is 25.3 Å². The molecule has 0 spiro atoms. The highest BCUT2D eigenvalue weighted by Crippen LogP contribution is 2.17. The van der Waals surface area contributed by atoms with Gasteiger partial charge < -0.3 is 10.6 Å². The molecule has 6 heteroatoms. The summed E-state index contributed by atoms with van der Waals surface area (Å²) in [5, 5.41) is 6.76. The van der Waals surface area contributed by atoms with Crippen molar-refractivity contribution < 1.29 is 8.42 Å². The van der Waals surface area contributed by atoms with E-state index in [1.165, 1.54) is 31.2 Å². The van der Waals surface area contributed by atoms with Crippen molar-refractivity contribution in [1.82, 2.24) is 9.62 Å². The fraction of sp³-hybridized carbons (Fsp3) is 0.571. The maximum atomic E-state index is 11.9. The van der Waals surface area contributed by atoms with E-state index in [0.29, 0.717) is 10.8 Å². The summed E-state index contributed by atoms with van der Waals surface area (Å²) in [7, 11) is -0.255. The van der Waals surface area contributed by atoms with Crippen LogP contribution < -0.4 is 10.6 Å². The van der Waals surface area contributed by atoms with Gasteiger partial charge in [0, 0.05) is 26.3 Å². The van der Waals surface area contributed by atoms with Crippen LogP contribution >= 0.6 is 0 Å². The number of sulfonamides is 1. The SMILES string of the molecule is CN(C)S(=O)(=O)c1ccc(NCC2CCCNC2)cc1. The van der Waals surface area contributed by atoms with Crippen LogP contribution in [-0.4, -0.2) is 46.5 Å². The molecule has 1 aromatic carbocycles. The van der Waals surface area contributed by atoms with Crippen LogP contribution in [0.4, 0.5) is 5.69 Å². The van der Waals surface area contributed by atoms with Crippen LogP contribution in [-0.2, 0) is 10.0 Å². The molecule has 0 aliphatic carbocycles. The lowest BCUT2D eigenvalue weighted by molar-refractivity contribution is 0.393. The molecule has 0 aromatic heterocycles. The standard InChI is InChI=1S/C14H23N3O2S/c1-17(2)20(18,19)14-7-5-13(6-8-14)16-11-12-4-3-9-15-10-12/h5-8,12,15-16H,3-4,9-11H2,1-2H3. The van der Waals surface area contributed by atoms with Gasteiger partial charge in [0.25, 0.3) is 0 Å². The molecule has 1 aliphatic heterocycles. The van der Waals surface area contributed by atoms with Gasteiger partial charge in [0.2, 0.25) is 10.0 Å². The van der Waals surface area contributed by atoms with Crippen molar-refractivity contribution in [1.29, 1.82) is 0 Å². The highest BCUT2D eigenvalue weighted by atomic mass is 32.2. The molecule has 1 aromatic rings. The largest absolute Gasteiger partial charge is 0.385 e. The fourth-order valence-corrected chi connectivity index (χ4v) is 3.22. The third-order valence-electron chi connectivity index (χ3n) is 3.63. The zero-order valence-electron chi connectivity index (χ0n) is 12.1. The average Bonchev–Trinajstić information content (AvgIpc) is 2.46. The Balaban J connectivity index is 1.94. The smallest absolute Gasteiger partial charge is 0.242 e. The minimum absolute atomic E-state index is 0.326. The molecular weight excluding hydrogens is 274 g/mol. The molecule has 0 amide bonds. The average molecular weight is 297 g/mol. The Morgan fingerprint density at radius 2 is 2.00 bits per heavy atom. The molecule has 1 saturated heterocycles. The minimum atomic E-state index is -3.33. The monoisotopic (exact) mass is 297 g/mol. The lowest BCUT2D eigenvalue weighted by Crippen LogP contribution is -2.33. The number of hydrogen-bond acceptors (Lipinski definition) is 4. The summed E-state index contributed by atoms with van der Waals surface area (Å²) < 4.78 is 25.1. The van der Waals surface area contributed by atoms with Gasteiger partial charge in [0.15, 0.2) is 0 Å². The van der Waals surface area contributed by atoms with Crippen LogP contribution in [0.1, 0.15) is 12.8 Å². The van der Waals surface area contributed by atoms with Gasteiger partial charge in [-0.2, -0.15) is 0 Å². The summed E-state index contributed by atoms with van der Waals surface area (Å²) in [6.07, 6.45) is 2.47. The number of rotatable bonds is 5. The van der Waals surface area contributed by atoms with Crippen molar-refractivity contribution >= 4 is 15.7 Å². The van der Waals surface area contributed by atoms with Crippen molar-refractivity contribution in [2.45, 2.75) is 17.7 Å². The first kappa shape index (κ1) is 15.3. The van der Waals surface area contributed by atoms with Gasteiger partial charge in [-0.1, -0.05) is 0 Å². The Kier molecular flexibility index (Phi) is 5.01. The normalized spacial score (nSPS) is 20.1. The van der Waals surface area contributed by atoms with E-state index in [-0.39, 0.29) is 0 Å². The van der Waals surface area contributed by atoms with Gasteiger partial charge in [0.05, 0.1) is 4.90 Å². The molecule has 1 fully saturated rings. The first-order valence-electron chi connectivity index (χ1n) is 6.97. The number of nitrogens with zero attached hydrogens (tertiary/aromatic N) is 1. The second kappa shape index (κ2) is 6.56. The molecule has 5 nitrogen and oxygen atoms in total. The fourth-order valence-electron chi connectivity index (χ4n) is 2.32. The summed E-state index contributed by atoms with van der Waals surface area (Å²) in [6, 6.07) is 6.95. The Morgan fingerprint density at radius 3 is 2.55 bits per heavy atom. The van der Waals surface area contributed by atoms with Crippen LogP contribution in [0.5, 0.6) is 0 Å². The topological polar surface area (TPSA) is 61.4 Å². The molecule has 112 valence electrons. The molecule has 20 heavy (non-hydrogen) atoms. The van der Waals surface area contributed by atoms with Crippen molar-refractivity contribution in [3.8, 4) is 0 Å². The number of benzene rings is 1. The van der Waals surface area contributed by atoms with Crippen molar-refractivity contribution in [2.24, 2.45) is 5.92 Å². The van der Waals surface area contributed by atoms with Gasteiger partial charge in [-0.15, -0.1) is 0 Å². The van der Waals surface area contributed by atoms with Crippen LogP contribution in [0.15, 0.2) is 29.2 Å². The van der Waals surface area contributed by atoms with E-state index >= 15 is 0 Å². The molecule has 2 rings (SSSR count). The highest BCUT2D eigenvalue weighted by molar-refractivity contribution is 7.89. The number of piperidine rings is 1. The summed E-state index contributed by atoms with van der Waals surface area (Å²) in [4.78, 5) is 0.326. The maximum absolute atomic E-state index is 11.9. The van der Waals surface area contributed by atoms with E-state index in [4.69, 9.17) is 0 Å². The Bertz CT molecular complexity index is 520. The second-order valence-corrected chi connectivity index (χ2v) is 7.56. The molecule has 1 heterocycles. The van der Waals surface area contributed by atoms with E-state index in [2.05, 4.69) is 10.6 Å². The second-order valence-electron chi connectivity index (χ2n) is 5.41. The first-order valence-corrected chi connectivity index (χ1v) is 8.41. The Labute approximate surface area is 121 Å². The summed E-state index contributed by atoms with van der Waals surface area (Å²) in [5.41, 5.74) is 0.966. The summed E-state index contributed by atoms with van der Waals surface area (Å²) in [6.45, 7) is 3.10. The van der Waals surface area contributed by atoms with E-state index < -0.39 is 10.0 Å². The van der Waals surface area contributed by atoms with Crippen LogP contribution in [0, 0.1) is 5.92 Å². The predicted octanol–water partition coefficient (Wildman–Crippen LogP) is 1.35. The number of anilines is 1. The Hall–Kier alpha value is -1.11. The molecule has 1 aliphatic rings. The molecule has 2 N–H and O–H groups in total. The molecule has 0 bridgehead atoms. The third-order valence-corrected chi connectivity index (χ3v) is 5.46. The molecular formula is C14H23N3O2S. The van der Waals surface area contributed by atoms with Crippen LogP contribution in [0.25, 0.3) is 0 Å². The highest BCUT2D eigenvalue weighted by Gasteiger charge is 2.17. The first-order chi connectivity index (χ1) is 9.50. The van der Waals surface area contributed by atoms with Crippen molar-refractivity contribution in [3.63, 3.8) is 0 Å². The number of nitrogens with one attached hydrogen (secondary N) is 2. The van der Waals surface area contributed by atoms with Gasteiger partial charge in [0.1, 0.15) is 0 Å². The maximum Gasteiger partial charge on any atom is 0.242 e. The van der Waals surface area contributed by atoms with Gasteiger partial charge >= 0.3 is 0 Å². The molecule has 1 atom stereocenters. The van der Waals surface area contributed by atoms with Gasteiger partial charge in [-0.3, -0.25) is 0 Å². The van der Waals surface area contributed by atoms with E-state index in [1.54, 1.807) is 12.1 Å². The quantitative estimate of drug-likeness (QED) is 0.861. The zero-order valence-corrected chi connectivity index (χ0v) is 12.9. The van der Waals surface area contributed by atoms with Gasteiger partial charge in [-0.05, 0) is 56.1 Å². The molecule has 1 unspecified atom stereocenters. The molecule has 0 saturated carbocycles. The minimum Gasteiger partial charge on any atom is -0.385 e. The van der Waals surface area contributed by atoms with Crippen molar-refractivity contribution in [3.05, 3.63) is 24.3 Å². The number of hydrogen-bond donors (Lipinski definition) is 2. The summed E-state index contributed by atoms with van der Waals surface area (Å²) in [5.74, 6) is 0.647. The van der Waals surface area contributed by atoms with E-state index in [9.17, 15) is 8.42 Å². The van der Waals surface area contributed by atoms with E-state index in [1.807, 2.05) is 12.1 Å². The van der Waals surface area contributed by atoms with Crippen LogP contribution in [0.3, 0.4) is 0 Å². The van der Waals surface area contributed by atoms with Crippen LogP contribution in [0.2, 0.25) is 0 Å². The lowest BCUT2D eigenvalue weighted by atomic mass is 10.00. The predicted molar refractivity (Wildman–Crippen MR) is 81.4 cm³/mol. The lowest BCUT2D eigenvalue weighted by Gasteiger charge is -2.23. The van der Waals surface area contributed by atoms with Gasteiger partial charge in [-0.25, -0.2) is 12.7 Å². The summed E-state index contributed by atoms with van der Waals surface area (Å²) >= 11 is 0.